The highest BCUT2D eigenvalue weighted by molar-refractivity contribution is 6.32. The summed E-state index contributed by atoms with van der Waals surface area (Å²) in [5, 5.41) is 9.77. The maximum atomic E-state index is 12.9. The molecule has 1 aliphatic heterocycles. The fourth-order valence-electron chi connectivity index (χ4n) is 4.04. The first kappa shape index (κ1) is 14.6. The van der Waals surface area contributed by atoms with Gasteiger partial charge < -0.3 is 10.0 Å². The van der Waals surface area contributed by atoms with Gasteiger partial charge in [-0.15, -0.1) is 0 Å². The molecule has 3 nitrogen and oxygen atoms in total. The Morgan fingerprint density at radius 1 is 1.22 bits per heavy atom. The maximum absolute atomic E-state index is 12.9. The molecule has 2 aliphatic rings. The van der Waals surface area contributed by atoms with Gasteiger partial charge in [0.05, 0.1) is 5.02 Å². The molecule has 23 heavy (non-hydrogen) atoms. The van der Waals surface area contributed by atoms with E-state index in [9.17, 15) is 9.90 Å². The van der Waals surface area contributed by atoms with Crippen LogP contribution in [-0.2, 0) is 6.42 Å². The molecule has 1 amide bonds. The Morgan fingerprint density at radius 3 is 2.87 bits per heavy atom. The number of carbonyl (C=O) groups excluding carboxylic acids is 1. The summed E-state index contributed by atoms with van der Waals surface area (Å²) in [5.74, 6) is 0.457. The lowest BCUT2D eigenvalue weighted by atomic mass is 9.88. The normalized spacial score (nSPS) is 22.6. The van der Waals surface area contributed by atoms with E-state index in [0.29, 0.717) is 11.5 Å². The molecule has 1 fully saturated rings. The Hall–Kier alpha value is -2.00. The summed E-state index contributed by atoms with van der Waals surface area (Å²) >= 11 is 5.96. The number of carbonyl (C=O) groups is 1. The molecule has 0 bridgehead atoms. The topological polar surface area (TPSA) is 40.5 Å². The second-order valence-electron chi connectivity index (χ2n) is 6.38. The van der Waals surface area contributed by atoms with E-state index < -0.39 is 0 Å². The lowest BCUT2D eigenvalue weighted by Crippen LogP contribution is -2.46. The highest BCUT2D eigenvalue weighted by Gasteiger charge is 2.40. The van der Waals surface area contributed by atoms with Gasteiger partial charge in [0.2, 0.25) is 0 Å². The molecule has 2 unspecified atom stereocenters. The number of fused-ring (bicyclic) bond motifs is 3. The van der Waals surface area contributed by atoms with Crippen LogP contribution in [0.15, 0.2) is 42.5 Å². The Labute approximate surface area is 140 Å². The molecule has 4 heteroatoms. The van der Waals surface area contributed by atoms with Gasteiger partial charge in [-0.25, -0.2) is 0 Å². The number of hydrogen-bond acceptors (Lipinski definition) is 2. The molecule has 1 aliphatic carbocycles. The monoisotopic (exact) mass is 327 g/mol. The number of aromatic hydroxyl groups is 1. The number of phenols is 1. The van der Waals surface area contributed by atoms with Crippen molar-refractivity contribution in [2.24, 2.45) is 0 Å². The zero-order chi connectivity index (χ0) is 16.0. The van der Waals surface area contributed by atoms with Gasteiger partial charge >= 0.3 is 0 Å². The lowest BCUT2D eigenvalue weighted by molar-refractivity contribution is 0.0595. The van der Waals surface area contributed by atoms with Crippen LogP contribution in [0.3, 0.4) is 0 Å². The van der Waals surface area contributed by atoms with Crippen LogP contribution < -0.4 is 0 Å². The fourth-order valence-corrected chi connectivity index (χ4v) is 4.22. The van der Waals surface area contributed by atoms with Gasteiger partial charge in [0, 0.05) is 24.1 Å². The van der Waals surface area contributed by atoms with Gasteiger partial charge in [-0.3, -0.25) is 4.79 Å². The third-order valence-corrected chi connectivity index (χ3v) is 5.42. The number of halogens is 1. The van der Waals surface area contributed by atoms with E-state index in [-0.39, 0.29) is 22.7 Å². The third kappa shape index (κ3) is 2.40. The van der Waals surface area contributed by atoms with E-state index in [1.165, 1.54) is 17.2 Å². The summed E-state index contributed by atoms with van der Waals surface area (Å²) in [6, 6.07) is 13.5. The standard InChI is InChI=1S/C19H18ClNO2/c20-16-10-13(7-8-18(16)22)19(23)21-9-3-6-15-14-5-2-1-4-12(14)11-17(15)21/h1-2,4-5,7-8,10,15,17,22H,3,6,9,11H2. The molecule has 0 radical (unpaired) electrons. The van der Waals surface area contributed by atoms with Crippen molar-refractivity contribution >= 4 is 17.5 Å². The highest BCUT2D eigenvalue weighted by Crippen LogP contribution is 2.42. The largest absolute Gasteiger partial charge is 0.506 e. The van der Waals surface area contributed by atoms with Crippen molar-refractivity contribution < 1.29 is 9.90 Å². The molecule has 2 atom stereocenters. The Balaban J connectivity index is 1.65. The molecule has 4 rings (SSSR count). The number of rotatable bonds is 1. The van der Waals surface area contributed by atoms with Crippen molar-refractivity contribution in [3.8, 4) is 5.75 Å². The molecule has 0 aromatic heterocycles. The molecule has 0 spiro atoms. The first-order valence-corrected chi connectivity index (χ1v) is 8.40. The van der Waals surface area contributed by atoms with Crippen LogP contribution in [0, 0.1) is 0 Å². The number of nitrogens with zero attached hydrogens (tertiary/aromatic N) is 1. The Morgan fingerprint density at radius 2 is 2.04 bits per heavy atom. The zero-order valence-electron chi connectivity index (χ0n) is 12.7. The van der Waals surface area contributed by atoms with Gasteiger partial charge in [0.25, 0.3) is 5.91 Å². The number of phenolic OH excluding ortho intramolecular Hbond substituents is 1. The van der Waals surface area contributed by atoms with Crippen molar-refractivity contribution in [2.45, 2.75) is 31.2 Å². The average molecular weight is 328 g/mol. The minimum atomic E-state index is 0.00742. The zero-order valence-corrected chi connectivity index (χ0v) is 13.5. The number of amides is 1. The van der Waals surface area contributed by atoms with E-state index in [1.54, 1.807) is 12.1 Å². The summed E-state index contributed by atoms with van der Waals surface area (Å²) in [6.07, 6.45) is 3.09. The van der Waals surface area contributed by atoms with Crippen LogP contribution in [0.1, 0.15) is 40.2 Å². The molecular formula is C19H18ClNO2. The first-order valence-electron chi connectivity index (χ1n) is 8.02. The molecular weight excluding hydrogens is 310 g/mol. The van der Waals surface area contributed by atoms with Crippen LogP contribution in [0.4, 0.5) is 0 Å². The average Bonchev–Trinajstić information content (AvgIpc) is 2.95. The fraction of sp³-hybridized carbons (Fsp3) is 0.316. The Bertz CT molecular complexity index is 774. The second-order valence-corrected chi connectivity index (χ2v) is 6.79. The van der Waals surface area contributed by atoms with Gasteiger partial charge in [0.1, 0.15) is 5.75 Å². The smallest absolute Gasteiger partial charge is 0.254 e. The lowest BCUT2D eigenvalue weighted by Gasteiger charge is -2.38. The molecule has 0 saturated carbocycles. The van der Waals surface area contributed by atoms with Crippen molar-refractivity contribution in [2.75, 3.05) is 6.54 Å². The molecule has 2 aromatic rings. The quantitative estimate of drug-likeness (QED) is 0.860. The maximum Gasteiger partial charge on any atom is 0.254 e. The van der Waals surface area contributed by atoms with Crippen molar-refractivity contribution in [1.82, 2.24) is 4.90 Å². The summed E-state index contributed by atoms with van der Waals surface area (Å²) in [6.45, 7) is 0.784. The van der Waals surface area contributed by atoms with Crippen molar-refractivity contribution in [1.29, 1.82) is 0 Å². The van der Waals surface area contributed by atoms with E-state index >= 15 is 0 Å². The van der Waals surface area contributed by atoms with E-state index in [0.717, 1.165) is 25.8 Å². The van der Waals surface area contributed by atoms with E-state index in [1.807, 2.05) is 4.90 Å². The minimum Gasteiger partial charge on any atom is -0.506 e. The molecule has 1 saturated heterocycles. The molecule has 1 heterocycles. The summed E-state index contributed by atoms with van der Waals surface area (Å²) in [5.41, 5.74) is 3.31. The highest BCUT2D eigenvalue weighted by atomic mass is 35.5. The second kappa shape index (κ2) is 5.57. The van der Waals surface area contributed by atoms with Crippen LogP contribution in [0.25, 0.3) is 0 Å². The Kier molecular flexibility index (Phi) is 3.53. The molecule has 2 aromatic carbocycles. The number of benzene rings is 2. The predicted octanol–water partition coefficient (Wildman–Crippen LogP) is 3.99. The molecule has 118 valence electrons. The first-order chi connectivity index (χ1) is 11.1. The van der Waals surface area contributed by atoms with E-state index in [2.05, 4.69) is 24.3 Å². The molecule has 1 N–H and O–H groups in total. The van der Waals surface area contributed by atoms with E-state index in [4.69, 9.17) is 11.6 Å². The van der Waals surface area contributed by atoms with Crippen molar-refractivity contribution in [3.63, 3.8) is 0 Å². The van der Waals surface area contributed by atoms with Crippen LogP contribution in [0.5, 0.6) is 5.75 Å². The summed E-state index contributed by atoms with van der Waals surface area (Å²) < 4.78 is 0. The van der Waals surface area contributed by atoms with Crippen LogP contribution in [0.2, 0.25) is 5.02 Å². The van der Waals surface area contributed by atoms with Gasteiger partial charge in [-0.1, -0.05) is 35.9 Å². The third-order valence-electron chi connectivity index (χ3n) is 5.12. The number of hydrogen-bond donors (Lipinski definition) is 1. The SMILES string of the molecule is O=C(c1ccc(O)c(Cl)c1)N1CCCC2c3ccccc3CC21. The van der Waals surface area contributed by atoms with Gasteiger partial charge in [-0.05, 0) is 48.6 Å². The summed E-state index contributed by atoms with van der Waals surface area (Å²) in [7, 11) is 0. The number of likely N-dealkylation sites (tertiary alicyclic amines) is 1. The number of piperidine rings is 1. The summed E-state index contributed by atoms with van der Waals surface area (Å²) in [4.78, 5) is 14.9. The minimum absolute atomic E-state index is 0.00742. The van der Waals surface area contributed by atoms with Crippen LogP contribution in [-0.4, -0.2) is 28.5 Å². The van der Waals surface area contributed by atoms with Crippen molar-refractivity contribution in [3.05, 3.63) is 64.2 Å². The van der Waals surface area contributed by atoms with Crippen LogP contribution >= 0.6 is 11.6 Å². The predicted molar refractivity (Wildman–Crippen MR) is 90.1 cm³/mol. The van der Waals surface area contributed by atoms with Gasteiger partial charge in [0.15, 0.2) is 0 Å². The van der Waals surface area contributed by atoms with Gasteiger partial charge in [-0.2, -0.15) is 0 Å².